The number of hydrogen-bond acceptors (Lipinski definition) is 4. The van der Waals surface area contributed by atoms with E-state index in [4.69, 9.17) is 0 Å². The molecule has 0 aromatic carbocycles. The third-order valence-electron chi connectivity index (χ3n) is 4.03. The van der Waals surface area contributed by atoms with Gasteiger partial charge in [-0.05, 0) is 39.7 Å². The van der Waals surface area contributed by atoms with Gasteiger partial charge in [0.25, 0.3) is 0 Å². The lowest BCUT2D eigenvalue weighted by Crippen LogP contribution is -2.27. The van der Waals surface area contributed by atoms with Crippen LogP contribution in [0.2, 0.25) is 0 Å². The maximum absolute atomic E-state index is 12.6. The summed E-state index contributed by atoms with van der Waals surface area (Å²) in [5.74, 6) is 0.507. The lowest BCUT2D eigenvalue weighted by Gasteiger charge is -2.22. The molecule has 0 atom stereocenters. The zero-order chi connectivity index (χ0) is 18.5. The Morgan fingerprint density at radius 2 is 1.96 bits per heavy atom. The molecule has 1 rings (SSSR count). The molecule has 24 heavy (non-hydrogen) atoms. The van der Waals surface area contributed by atoms with Crippen LogP contribution in [0.25, 0.3) is 0 Å². The van der Waals surface area contributed by atoms with Crippen LogP contribution in [0.5, 0.6) is 0 Å². The molecule has 1 aromatic heterocycles. The van der Waals surface area contributed by atoms with Crippen molar-refractivity contribution >= 4 is 9.84 Å². The summed E-state index contributed by atoms with van der Waals surface area (Å²) in [6, 6.07) is 0. The van der Waals surface area contributed by atoms with E-state index in [0.29, 0.717) is 19.0 Å². The number of aromatic nitrogens is 2. The highest BCUT2D eigenvalue weighted by atomic mass is 32.2. The first-order valence-corrected chi connectivity index (χ1v) is 10.3. The summed E-state index contributed by atoms with van der Waals surface area (Å²) >= 11 is 0. The van der Waals surface area contributed by atoms with E-state index in [9.17, 15) is 8.42 Å². The molecule has 0 fully saturated rings. The van der Waals surface area contributed by atoms with Gasteiger partial charge in [-0.2, -0.15) is 0 Å². The molecule has 1 aromatic rings. The molecule has 1 heterocycles. The second-order valence-electron chi connectivity index (χ2n) is 7.22. The normalized spacial score (nSPS) is 12.5. The first-order valence-electron chi connectivity index (χ1n) is 8.74. The number of nitrogens with zero attached hydrogens (tertiary/aromatic N) is 3. The fourth-order valence-electron chi connectivity index (χ4n) is 2.47. The third kappa shape index (κ3) is 5.45. The van der Waals surface area contributed by atoms with Crippen LogP contribution in [-0.4, -0.2) is 41.2 Å². The average Bonchev–Trinajstić information content (AvgIpc) is 2.86. The van der Waals surface area contributed by atoms with Crippen molar-refractivity contribution in [3.8, 4) is 0 Å². The van der Waals surface area contributed by atoms with E-state index in [2.05, 4.69) is 37.2 Å². The molecular formula is C18H33N3O2S. The van der Waals surface area contributed by atoms with Gasteiger partial charge in [0.1, 0.15) is 0 Å². The SMILES string of the molecule is C=C(C)CN(CC)Cc1cnc(S(=O)(=O)C(C)C)n1CCC(C)C. The number of hydrogen-bond donors (Lipinski definition) is 0. The van der Waals surface area contributed by atoms with Crippen molar-refractivity contribution in [3.05, 3.63) is 24.0 Å². The van der Waals surface area contributed by atoms with Crippen molar-refractivity contribution in [1.82, 2.24) is 14.5 Å². The van der Waals surface area contributed by atoms with Crippen molar-refractivity contribution in [2.24, 2.45) is 5.92 Å². The van der Waals surface area contributed by atoms with E-state index < -0.39 is 15.1 Å². The van der Waals surface area contributed by atoms with Crippen LogP contribution in [0, 0.1) is 5.92 Å². The van der Waals surface area contributed by atoms with Gasteiger partial charge in [0.05, 0.1) is 17.1 Å². The zero-order valence-electron chi connectivity index (χ0n) is 16.0. The molecule has 0 saturated carbocycles. The molecule has 0 spiro atoms. The van der Waals surface area contributed by atoms with E-state index in [0.717, 1.165) is 30.8 Å². The van der Waals surface area contributed by atoms with Crippen LogP contribution in [0.3, 0.4) is 0 Å². The summed E-state index contributed by atoms with van der Waals surface area (Å²) in [6.45, 7) is 18.8. The standard InChI is InChI=1S/C18H33N3O2S/c1-8-20(12-15(4)5)13-17-11-19-18(24(22,23)16(6)7)21(17)10-9-14(2)3/h11,14,16H,4,8-10,12-13H2,1-3,5-7H3. The van der Waals surface area contributed by atoms with Crippen LogP contribution >= 0.6 is 0 Å². The summed E-state index contributed by atoms with van der Waals surface area (Å²) in [5.41, 5.74) is 2.05. The summed E-state index contributed by atoms with van der Waals surface area (Å²) < 4.78 is 27.2. The molecule has 0 aliphatic rings. The fraction of sp³-hybridized carbons (Fsp3) is 0.722. The first kappa shape index (κ1) is 20.9. The van der Waals surface area contributed by atoms with Gasteiger partial charge in [-0.1, -0.05) is 32.9 Å². The predicted octanol–water partition coefficient (Wildman–Crippen LogP) is 3.51. The predicted molar refractivity (Wildman–Crippen MR) is 99.8 cm³/mol. The van der Waals surface area contributed by atoms with Gasteiger partial charge < -0.3 is 4.57 Å². The van der Waals surface area contributed by atoms with Crippen molar-refractivity contribution in [1.29, 1.82) is 0 Å². The van der Waals surface area contributed by atoms with Gasteiger partial charge in [0, 0.05) is 19.6 Å². The summed E-state index contributed by atoms with van der Waals surface area (Å²) in [5, 5.41) is -0.261. The van der Waals surface area contributed by atoms with Gasteiger partial charge in [0.2, 0.25) is 15.0 Å². The Hall–Kier alpha value is -1.14. The smallest absolute Gasteiger partial charge is 0.228 e. The second-order valence-corrected chi connectivity index (χ2v) is 9.62. The topological polar surface area (TPSA) is 55.2 Å². The van der Waals surface area contributed by atoms with Crippen LogP contribution in [0.15, 0.2) is 23.5 Å². The molecule has 0 bridgehead atoms. The molecular weight excluding hydrogens is 322 g/mol. The van der Waals surface area contributed by atoms with Crippen molar-refractivity contribution in [2.75, 3.05) is 13.1 Å². The Morgan fingerprint density at radius 3 is 2.42 bits per heavy atom. The number of rotatable bonds is 10. The summed E-state index contributed by atoms with van der Waals surface area (Å²) in [4.78, 5) is 6.53. The monoisotopic (exact) mass is 355 g/mol. The third-order valence-corrected chi connectivity index (χ3v) is 6.11. The summed E-state index contributed by atoms with van der Waals surface area (Å²) in [6.07, 6.45) is 2.65. The molecule has 6 heteroatoms. The minimum absolute atomic E-state index is 0.208. The van der Waals surface area contributed by atoms with Crippen molar-refractivity contribution < 1.29 is 8.42 Å². The number of likely N-dealkylation sites (N-methyl/N-ethyl adjacent to an activating group) is 1. The molecule has 0 N–H and O–H groups in total. The maximum atomic E-state index is 12.6. The van der Waals surface area contributed by atoms with Gasteiger partial charge in [0.15, 0.2) is 0 Å². The highest BCUT2D eigenvalue weighted by Crippen LogP contribution is 2.20. The molecule has 138 valence electrons. The lowest BCUT2D eigenvalue weighted by atomic mass is 10.1. The highest BCUT2D eigenvalue weighted by Gasteiger charge is 2.27. The Labute approximate surface area is 147 Å². The summed E-state index contributed by atoms with van der Waals surface area (Å²) in [7, 11) is -3.38. The fourth-order valence-corrected chi connectivity index (χ4v) is 3.61. The van der Waals surface area contributed by atoms with Crippen LogP contribution < -0.4 is 0 Å². The molecule has 0 aliphatic heterocycles. The average molecular weight is 356 g/mol. The van der Waals surface area contributed by atoms with E-state index in [1.165, 1.54) is 0 Å². The second kappa shape index (κ2) is 8.81. The zero-order valence-corrected chi connectivity index (χ0v) is 16.9. The van der Waals surface area contributed by atoms with E-state index in [1.54, 1.807) is 20.0 Å². The van der Waals surface area contributed by atoms with Gasteiger partial charge in [-0.3, -0.25) is 4.90 Å². The quantitative estimate of drug-likeness (QED) is 0.603. The molecule has 0 saturated heterocycles. The van der Waals surface area contributed by atoms with E-state index in [1.807, 2.05) is 11.5 Å². The van der Waals surface area contributed by atoms with E-state index >= 15 is 0 Å². The Kier molecular flexibility index (Phi) is 7.67. The maximum Gasteiger partial charge on any atom is 0.228 e. The van der Waals surface area contributed by atoms with Crippen molar-refractivity contribution in [3.63, 3.8) is 0 Å². The highest BCUT2D eigenvalue weighted by molar-refractivity contribution is 7.91. The van der Waals surface area contributed by atoms with Crippen LogP contribution in [0.1, 0.15) is 53.7 Å². The van der Waals surface area contributed by atoms with Crippen molar-refractivity contribution in [2.45, 2.75) is 71.5 Å². The van der Waals surface area contributed by atoms with Gasteiger partial charge in [-0.15, -0.1) is 0 Å². The first-order chi connectivity index (χ1) is 11.1. The Balaban J connectivity index is 3.20. The molecule has 0 amide bonds. The molecule has 0 radical (unpaired) electrons. The molecule has 0 aliphatic carbocycles. The minimum atomic E-state index is -3.38. The molecule has 5 nitrogen and oxygen atoms in total. The van der Waals surface area contributed by atoms with Crippen LogP contribution in [0.4, 0.5) is 0 Å². The Bertz CT molecular complexity index is 645. The van der Waals surface area contributed by atoms with Gasteiger partial charge in [-0.25, -0.2) is 13.4 Å². The lowest BCUT2D eigenvalue weighted by molar-refractivity contribution is 0.292. The van der Waals surface area contributed by atoms with Crippen LogP contribution in [-0.2, 0) is 22.9 Å². The van der Waals surface area contributed by atoms with Gasteiger partial charge >= 0.3 is 0 Å². The largest absolute Gasteiger partial charge is 0.318 e. The number of sulfone groups is 1. The number of imidazole rings is 1. The minimum Gasteiger partial charge on any atom is -0.318 e. The van der Waals surface area contributed by atoms with E-state index in [-0.39, 0.29) is 5.16 Å². The Morgan fingerprint density at radius 1 is 1.33 bits per heavy atom. The molecule has 0 unspecified atom stereocenters.